The van der Waals surface area contributed by atoms with Gasteiger partial charge in [-0.1, -0.05) is 41.5 Å². The minimum Gasteiger partial charge on any atom is -0.344 e. The van der Waals surface area contributed by atoms with Gasteiger partial charge in [-0.05, 0) is 73.7 Å². The molecule has 0 unspecified atom stereocenters. The molecule has 5 nitrogen and oxygen atoms in total. The van der Waals surface area contributed by atoms with Crippen LogP contribution in [0, 0.1) is 0 Å². The summed E-state index contributed by atoms with van der Waals surface area (Å²) in [5, 5.41) is 4.09. The predicted molar refractivity (Wildman–Crippen MR) is 126 cm³/mol. The molecule has 0 bridgehead atoms. The Kier molecular flexibility index (Phi) is 7.92. The minimum absolute atomic E-state index is 0.308. The Bertz CT molecular complexity index is 942. The molecule has 3 rings (SSSR count). The highest BCUT2D eigenvalue weighted by Crippen LogP contribution is 2.33. The molecule has 1 saturated heterocycles. The lowest BCUT2D eigenvalue weighted by molar-refractivity contribution is -0.144. The molecule has 158 valence electrons. The van der Waals surface area contributed by atoms with Crippen LogP contribution in [0.15, 0.2) is 69.5 Å². The number of nitrogens with zero attached hydrogens (tertiary/aromatic N) is 3. The lowest BCUT2D eigenvalue weighted by atomic mass is 9.98. The standard InChI is InChI=1S/C23H27N3O2S2/c1-23(2)27-21(12-11-16-7-5-9-18(13-16)29-3)22(28-23)20(25-26-24)15-17-8-6-10-19(14-17)30-4/h5-14,20-22H,15H2,1-4H3/b12-11+/t20-,21+,22+/m1/s1. The van der Waals surface area contributed by atoms with Crippen molar-refractivity contribution in [1.29, 1.82) is 0 Å². The highest BCUT2D eigenvalue weighted by Gasteiger charge is 2.43. The van der Waals surface area contributed by atoms with Gasteiger partial charge >= 0.3 is 0 Å². The van der Waals surface area contributed by atoms with Crippen molar-refractivity contribution in [3.63, 3.8) is 0 Å². The molecule has 1 aliphatic rings. The van der Waals surface area contributed by atoms with Crippen molar-refractivity contribution in [2.75, 3.05) is 12.5 Å². The van der Waals surface area contributed by atoms with Crippen molar-refractivity contribution in [1.82, 2.24) is 0 Å². The topological polar surface area (TPSA) is 67.2 Å². The average molecular weight is 442 g/mol. The van der Waals surface area contributed by atoms with Gasteiger partial charge in [-0.25, -0.2) is 0 Å². The fourth-order valence-corrected chi connectivity index (χ4v) is 4.50. The van der Waals surface area contributed by atoms with E-state index in [2.05, 4.69) is 52.7 Å². The maximum absolute atomic E-state index is 9.20. The molecule has 0 radical (unpaired) electrons. The van der Waals surface area contributed by atoms with Crippen molar-refractivity contribution in [3.8, 4) is 0 Å². The van der Waals surface area contributed by atoms with Crippen LogP contribution in [-0.2, 0) is 15.9 Å². The number of azide groups is 1. The summed E-state index contributed by atoms with van der Waals surface area (Å²) >= 11 is 3.40. The highest BCUT2D eigenvalue weighted by molar-refractivity contribution is 7.98. The Morgan fingerprint density at radius 3 is 2.50 bits per heavy atom. The minimum atomic E-state index is -0.745. The summed E-state index contributed by atoms with van der Waals surface area (Å²) in [6.07, 6.45) is 8.08. The van der Waals surface area contributed by atoms with Crippen molar-refractivity contribution in [2.45, 2.75) is 54.1 Å². The van der Waals surface area contributed by atoms with Gasteiger partial charge in [0.05, 0.1) is 12.1 Å². The Hall–Kier alpha value is -1.89. The van der Waals surface area contributed by atoms with Gasteiger partial charge in [0.1, 0.15) is 6.10 Å². The van der Waals surface area contributed by atoms with Gasteiger partial charge in [-0.2, -0.15) is 0 Å². The summed E-state index contributed by atoms with van der Waals surface area (Å²) in [4.78, 5) is 5.49. The third kappa shape index (κ3) is 6.06. The molecule has 7 heteroatoms. The average Bonchev–Trinajstić information content (AvgIpc) is 3.06. The van der Waals surface area contributed by atoms with E-state index < -0.39 is 5.79 Å². The van der Waals surface area contributed by atoms with Crippen LogP contribution in [0.4, 0.5) is 0 Å². The Morgan fingerprint density at radius 2 is 1.80 bits per heavy atom. The van der Waals surface area contributed by atoms with Gasteiger partial charge in [0.15, 0.2) is 5.79 Å². The van der Waals surface area contributed by atoms with E-state index in [1.165, 1.54) is 9.79 Å². The second-order valence-corrected chi connectivity index (χ2v) is 9.29. The molecule has 30 heavy (non-hydrogen) atoms. The van der Waals surface area contributed by atoms with Crippen LogP contribution < -0.4 is 0 Å². The van der Waals surface area contributed by atoms with E-state index in [-0.39, 0.29) is 18.2 Å². The van der Waals surface area contributed by atoms with E-state index in [0.29, 0.717) is 6.42 Å². The van der Waals surface area contributed by atoms with Crippen LogP contribution in [0.1, 0.15) is 25.0 Å². The number of benzene rings is 2. The monoisotopic (exact) mass is 441 g/mol. The fourth-order valence-electron chi connectivity index (χ4n) is 3.54. The van der Waals surface area contributed by atoms with Crippen molar-refractivity contribution < 1.29 is 9.47 Å². The van der Waals surface area contributed by atoms with E-state index >= 15 is 0 Å². The van der Waals surface area contributed by atoms with Crippen LogP contribution in [0.3, 0.4) is 0 Å². The summed E-state index contributed by atoms with van der Waals surface area (Å²) in [5.74, 6) is -0.745. The number of thioether (sulfide) groups is 2. The Labute approximate surface area is 186 Å². The quantitative estimate of drug-likeness (QED) is 0.201. The van der Waals surface area contributed by atoms with E-state index in [4.69, 9.17) is 9.47 Å². The molecule has 2 aromatic rings. The van der Waals surface area contributed by atoms with Crippen LogP contribution in [0.5, 0.6) is 0 Å². The van der Waals surface area contributed by atoms with Gasteiger partial charge in [0, 0.05) is 14.7 Å². The largest absolute Gasteiger partial charge is 0.344 e. The van der Waals surface area contributed by atoms with Crippen molar-refractivity contribution in [3.05, 3.63) is 76.2 Å². The Balaban J connectivity index is 1.84. The van der Waals surface area contributed by atoms with Crippen LogP contribution in [0.25, 0.3) is 16.5 Å². The Morgan fingerprint density at radius 1 is 1.10 bits per heavy atom. The maximum Gasteiger partial charge on any atom is 0.164 e. The normalized spacial score (nSPS) is 21.5. The van der Waals surface area contributed by atoms with Crippen LogP contribution in [0.2, 0.25) is 0 Å². The molecule has 1 aliphatic heterocycles. The van der Waals surface area contributed by atoms with Gasteiger partial charge in [-0.3, -0.25) is 0 Å². The van der Waals surface area contributed by atoms with Crippen LogP contribution >= 0.6 is 23.5 Å². The van der Waals surface area contributed by atoms with E-state index in [1.807, 2.05) is 44.4 Å². The molecule has 0 aliphatic carbocycles. The zero-order valence-corrected chi connectivity index (χ0v) is 19.3. The molecular weight excluding hydrogens is 414 g/mol. The molecule has 0 N–H and O–H groups in total. The van der Waals surface area contributed by atoms with Gasteiger partial charge in [0.25, 0.3) is 0 Å². The maximum atomic E-state index is 9.20. The van der Waals surface area contributed by atoms with E-state index in [9.17, 15) is 5.53 Å². The first-order valence-electron chi connectivity index (χ1n) is 9.79. The number of ether oxygens (including phenoxy) is 2. The second-order valence-electron chi connectivity index (χ2n) is 7.53. The van der Waals surface area contributed by atoms with Crippen LogP contribution in [-0.4, -0.2) is 36.5 Å². The van der Waals surface area contributed by atoms with Crippen molar-refractivity contribution in [2.24, 2.45) is 5.11 Å². The zero-order chi connectivity index (χ0) is 21.6. The molecule has 0 spiro atoms. The summed E-state index contributed by atoms with van der Waals surface area (Å²) < 4.78 is 12.3. The summed E-state index contributed by atoms with van der Waals surface area (Å²) in [6, 6.07) is 16.2. The predicted octanol–water partition coefficient (Wildman–Crippen LogP) is 6.59. The van der Waals surface area contributed by atoms with Gasteiger partial charge in [0.2, 0.25) is 0 Å². The van der Waals surface area contributed by atoms with Gasteiger partial charge in [-0.15, -0.1) is 23.5 Å². The molecule has 1 heterocycles. The lowest BCUT2D eigenvalue weighted by Gasteiger charge is -2.22. The van der Waals surface area contributed by atoms with Crippen molar-refractivity contribution >= 4 is 29.6 Å². The number of rotatable bonds is 8. The molecule has 1 fully saturated rings. The fraction of sp³-hybridized carbons (Fsp3) is 0.391. The molecule has 0 aromatic heterocycles. The molecular formula is C23H27N3O2S2. The van der Waals surface area contributed by atoms with E-state index in [0.717, 1.165) is 11.1 Å². The lowest BCUT2D eigenvalue weighted by Crippen LogP contribution is -2.34. The summed E-state index contributed by atoms with van der Waals surface area (Å²) in [6.45, 7) is 3.79. The second kappa shape index (κ2) is 10.4. The zero-order valence-electron chi connectivity index (χ0n) is 17.7. The SMILES string of the molecule is CSc1cccc(/C=C/[C@@H]2OC(C)(C)O[C@H]2[C@@H](Cc2cccc(SC)c2)N=[N+]=[N-])c1. The number of hydrogen-bond donors (Lipinski definition) is 0. The molecule has 3 atom stereocenters. The summed E-state index contributed by atoms with van der Waals surface area (Å²) in [7, 11) is 0. The molecule has 0 amide bonds. The first kappa shape index (κ1) is 22.8. The molecule has 0 saturated carbocycles. The third-order valence-electron chi connectivity index (χ3n) is 4.89. The molecule has 2 aromatic carbocycles. The smallest absolute Gasteiger partial charge is 0.164 e. The summed E-state index contributed by atoms with van der Waals surface area (Å²) in [5.41, 5.74) is 11.4. The first-order chi connectivity index (χ1) is 14.4. The third-order valence-corrected chi connectivity index (χ3v) is 6.34. The first-order valence-corrected chi connectivity index (χ1v) is 12.2. The van der Waals surface area contributed by atoms with Gasteiger partial charge < -0.3 is 9.47 Å². The highest BCUT2D eigenvalue weighted by atomic mass is 32.2. The number of hydrogen-bond acceptors (Lipinski definition) is 5. The van der Waals surface area contributed by atoms with E-state index in [1.54, 1.807) is 23.5 Å².